The molecule has 1 atom stereocenters. The van der Waals surface area contributed by atoms with E-state index in [9.17, 15) is 4.79 Å². The molecule has 2 aliphatic rings. The Kier molecular flexibility index (Phi) is 3.18. The predicted molar refractivity (Wildman–Crippen MR) is 76.9 cm³/mol. The number of para-hydroxylation sites is 1. The maximum absolute atomic E-state index is 12.3. The van der Waals surface area contributed by atoms with Gasteiger partial charge in [-0.3, -0.25) is 4.79 Å². The first-order valence-corrected chi connectivity index (χ1v) is 7.59. The molecular formula is C15H18BrNO. The quantitative estimate of drug-likeness (QED) is 0.815. The molecule has 1 saturated carbocycles. The molecule has 1 aromatic rings. The number of hydrogen-bond acceptors (Lipinski definition) is 1. The van der Waals surface area contributed by atoms with E-state index >= 15 is 0 Å². The van der Waals surface area contributed by atoms with Crippen LogP contribution < -0.4 is 5.32 Å². The second-order valence-corrected chi connectivity index (χ2v) is 6.86. The summed E-state index contributed by atoms with van der Waals surface area (Å²) in [5, 5.41) is 2.99. The molecule has 3 rings (SSSR count). The number of carbonyl (C=O) groups excluding carboxylic acids is 1. The minimum absolute atomic E-state index is 0.106. The average molecular weight is 308 g/mol. The zero-order valence-electron chi connectivity index (χ0n) is 10.4. The van der Waals surface area contributed by atoms with Crippen LogP contribution in [-0.2, 0) is 9.12 Å². The van der Waals surface area contributed by atoms with Gasteiger partial charge in [-0.05, 0) is 18.4 Å². The van der Waals surface area contributed by atoms with Crippen LogP contribution in [0, 0.1) is 5.92 Å². The van der Waals surface area contributed by atoms with Crippen molar-refractivity contribution in [3.8, 4) is 0 Å². The van der Waals surface area contributed by atoms with Crippen LogP contribution in [0.1, 0.15) is 44.1 Å². The van der Waals surface area contributed by atoms with Gasteiger partial charge in [0.25, 0.3) is 0 Å². The largest absolute Gasteiger partial charge is 0.324 e. The topological polar surface area (TPSA) is 29.1 Å². The molecule has 0 saturated heterocycles. The second kappa shape index (κ2) is 4.69. The smallest absolute Gasteiger partial charge is 0.245 e. The molecule has 0 spiro atoms. The van der Waals surface area contributed by atoms with Crippen molar-refractivity contribution < 1.29 is 4.79 Å². The number of benzene rings is 1. The highest BCUT2D eigenvalue weighted by Crippen LogP contribution is 2.48. The van der Waals surface area contributed by atoms with Crippen molar-refractivity contribution in [2.45, 2.75) is 42.8 Å². The summed E-state index contributed by atoms with van der Waals surface area (Å²) >= 11 is 3.73. The van der Waals surface area contributed by atoms with Crippen LogP contribution in [0.5, 0.6) is 0 Å². The summed E-state index contributed by atoms with van der Waals surface area (Å²) in [5.74, 6) is 0.782. The van der Waals surface area contributed by atoms with Gasteiger partial charge in [-0.15, -0.1) is 0 Å². The molecule has 1 aliphatic heterocycles. The highest BCUT2D eigenvalue weighted by Gasteiger charge is 2.45. The highest BCUT2D eigenvalue weighted by atomic mass is 79.9. The molecule has 1 unspecified atom stereocenters. The van der Waals surface area contributed by atoms with E-state index in [-0.39, 0.29) is 5.91 Å². The van der Waals surface area contributed by atoms with Crippen LogP contribution in [0.15, 0.2) is 24.3 Å². The lowest BCUT2D eigenvalue weighted by atomic mass is 9.81. The molecule has 96 valence electrons. The van der Waals surface area contributed by atoms with Crippen LogP contribution in [0.3, 0.4) is 0 Å². The van der Waals surface area contributed by atoms with Crippen LogP contribution in [0.4, 0.5) is 5.69 Å². The summed E-state index contributed by atoms with van der Waals surface area (Å²) in [6.07, 6.45) is 7.45. The Bertz CT molecular complexity index is 467. The number of nitrogens with one attached hydrogen (secondary N) is 1. The lowest BCUT2D eigenvalue weighted by molar-refractivity contribution is -0.118. The minimum atomic E-state index is -0.494. The molecule has 1 N–H and O–H groups in total. The van der Waals surface area contributed by atoms with E-state index in [4.69, 9.17) is 0 Å². The number of hydrogen-bond donors (Lipinski definition) is 1. The summed E-state index contributed by atoms with van der Waals surface area (Å²) in [6.45, 7) is 0. The Labute approximate surface area is 116 Å². The third-order valence-corrected chi connectivity index (χ3v) is 5.37. The minimum Gasteiger partial charge on any atom is -0.324 e. The lowest BCUT2D eigenvalue weighted by Crippen LogP contribution is -2.31. The fourth-order valence-corrected chi connectivity index (χ4v) is 4.18. The van der Waals surface area contributed by atoms with E-state index in [1.165, 1.54) is 32.1 Å². The molecule has 0 bridgehead atoms. The third-order valence-electron chi connectivity index (χ3n) is 4.26. The Morgan fingerprint density at radius 2 is 1.94 bits per heavy atom. The number of halogens is 1. The first-order chi connectivity index (χ1) is 8.70. The van der Waals surface area contributed by atoms with Crippen molar-refractivity contribution in [2.24, 2.45) is 5.92 Å². The van der Waals surface area contributed by atoms with Crippen LogP contribution in [0.25, 0.3) is 0 Å². The van der Waals surface area contributed by atoms with E-state index in [1.54, 1.807) is 0 Å². The molecule has 2 nitrogen and oxygen atoms in total. The van der Waals surface area contributed by atoms with Crippen LogP contribution in [0.2, 0.25) is 0 Å². The second-order valence-electron chi connectivity index (χ2n) is 5.51. The number of rotatable bonds is 2. The van der Waals surface area contributed by atoms with Crippen molar-refractivity contribution in [2.75, 3.05) is 5.32 Å². The molecule has 1 fully saturated rings. The third kappa shape index (κ3) is 1.99. The van der Waals surface area contributed by atoms with Gasteiger partial charge in [0.15, 0.2) is 0 Å². The summed E-state index contributed by atoms with van der Waals surface area (Å²) in [7, 11) is 0. The van der Waals surface area contributed by atoms with Gasteiger partial charge in [0.05, 0.1) is 0 Å². The van der Waals surface area contributed by atoms with Crippen LogP contribution >= 0.6 is 15.9 Å². The van der Waals surface area contributed by atoms with E-state index in [2.05, 4.69) is 27.3 Å². The van der Waals surface area contributed by atoms with Crippen molar-refractivity contribution in [1.82, 2.24) is 0 Å². The molecule has 1 aliphatic carbocycles. The molecule has 0 aromatic heterocycles. The molecule has 1 amide bonds. The van der Waals surface area contributed by atoms with Gasteiger partial charge in [0.2, 0.25) is 5.91 Å². The first kappa shape index (κ1) is 12.2. The molecule has 0 radical (unpaired) electrons. The molecule has 18 heavy (non-hydrogen) atoms. The number of fused-ring (bicyclic) bond motifs is 1. The monoisotopic (exact) mass is 307 g/mol. The lowest BCUT2D eigenvalue weighted by Gasteiger charge is -2.29. The summed E-state index contributed by atoms with van der Waals surface area (Å²) in [5.41, 5.74) is 2.08. The summed E-state index contributed by atoms with van der Waals surface area (Å²) < 4.78 is -0.494. The van der Waals surface area contributed by atoms with Crippen molar-refractivity contribution in [3.63, 3.8) is 0 Å². The number of anilines is 1. The van der Waals surface area contributed by atoms with Crippen LogP contribution in [-0.4, -0.2) is 5.91 Å². The van der Waals surface area contributed by atoms with Gasteiger partial charge in [-0.2, -0.15) is 0 Å². The Morgan fingerprint density at radius 3 is 2.72 bits per heavy atom. The van der Waals surface area contributed by atoms with Crippen molar-refractivity contribution >= 4 is 27.5 Å². The average Bonchev–Trinajstić information content (AvgIpc) is 2.63. The number of amides is 1. The Balaban J connectivity index is 1.86. The van der Waals surface area contributed by atoms with E-state index in [0.29, 0.717) is 5.92 Å². The maximum Gasteiger partial charge on any atom is 0.245 e. The van der Waals surface area contributed by atoms with Gasteiger partial charge in [0.1, 0.15) is 4.32 Å². The van der Waals surface area contributed by atoms with Gasteiger partial charge < -0.3 is 5.32 Å². The SMILES string of the molecule is O=C1Nc2ccccc2C1(Br)CC1CCCCC1. The normalized spacial score (nSPS) is 27.9. The summed E-state index contributed by atoms with van der Waals surface area (Å²) in [4.78, 5) is 12.3. The molecule has 1 heterocycles. The fourth-order valence-electron chi connectivity index (χ4n) is 3.27. The van der Waals surface area contributed by atoms with Gasteiger partial charge in [-0.1, -0.05) is 66.2 Å². The highest BCUT2D eigenvalue weighted by molar-refractivity contribution is 9.10. The molecule has 1 aromatic carbocycles. The maximum atomic E-state index is 12.3. The summed E-state index contributed by atoms with van der Waals surface area (Å²) in [6, 6.07) is 8.02. The van der Waals surface area contributed by atoms with Gasteiger partial charge >= 0.3 is 0 Å². The van der Waals surface area contributed by atoms with Crippen molar-refractivity contribution in [3.05, 3.63) is 29.8 Å². The number of carbonyl (C=O) groups is 1. The number of alkyl halides is 1. The Morgan fingerprint density at radius 1 is 1.22 bits per heavy atom. The first-order valence-electron chi connectivity index (χ1n) is 6.80. The van der Waals surface area contributed by atoms with E-state index in [1.807, 2.05) is 18.2 Å². The fraction of sp³-hybridized carbons (Fsp3) is 0.533. The zero-order valence-corrected chi connectivity index (χ0v) is 12.0. The zero-order chi connectivity index (χ0) is 12.6. The standard InChI is InChI=1S/C15H18BrNO/c16-15(10-11-6-2-1-3-7-11)12-8-4-5-9-13(12)17-14(15)18/h4-5,8-9,11H,1-3,6-7,10H2,(H,17,18). The Hall–Kier alpha value is -0.830. The van der Waals surface area contributed by atoms with Gasteiger partial charge in [0, 0.05) is 11.3 Å². The predicted octanol–water partition coefficient (Wildman–Crippen LogP) is 4.20. The molecular weight excluding hydrogens is 290 g/mol. The van der Waals surface area contributed by atoms with Gasteiger partial charge in [-0.25, -0.2) is 0 Å². The van der Waals surface area contributed by atoms with E-state index in [0.717, 1.165) is 17.7 Å². The van der Waals surface area contributed by atoms with Crippen molar-refractivity contribution in [1.29, 1.82) is 0 Å². The van der Waals surface area contributed by atoms with E-state index < -0.39 is 4.32 Å². The molecule has 3 heteroatoms.